The van der Waals surface area contributed by atoms with Crippen molar-refractivity contribution in [1.82, 2.24) is 0 Å². The topological polar surface area (TPSA) is 35.5 Å². The van der Waals surface area contributed by atoms with Crippen molar-refractivity contribution in [2.75, 3.05) is 0 Å². The van der Waals surface area contributed by atoms with E-state index in [0.29, 0.717) is 17.4 Å². The van der Waals surface area contributed by atoms with E-state index in [0.717, 1.165) is 32.9 Å². The minimum atomic E-state index is -0.343. The Morgan fingerprint density at radius 2 is 1.77 bits per heavy atom. The molecule has 4 rings (SSSR count). The molecule has 0 unspecified atom stereocenters. The molecule has 150 valence electrons. The normalized spacial score (nSPS) is 10.6. The molecule has 0 atom stereocenters. The fourth-order valence-corrected chi connectivity index (χ4v) is 4.27. The number of hydrogen-bond acceptors (Lipinski definition) is 4. The van der Waals surface area contributed by atoms with Crippen LogP contribution < -0.4 is 9.47 Å². The molecule has 0 aliphatic rings. The van der Waals surface area contributed by atoms with Crippen LogP contribution in [0.1, 0.15) is 12.5 Å². The molecule has 0 spiro atoms. The Kier molecular flexibility index (Phi) is 6.17. The highest BCUT2D eigenvalue weighted by molar-refractivity contribution is 7.14. The molecule has 3 aromatic carbocycles. The van der Waals surface area contributed by atoms with Crippen LogP contribution in [-0.2, 0) is 11.4 Å². The third-order valence-electron chi connectivity index (χ3n) is 4.49. The van der Waals surface area contributed by atoms with Crippen LogP contribution in [0.15, 0.2) is 84.2 Å². The van der Waals surface area contributed by atoms with Gasteiger partial charge in [0.15, 0.2) is 0 Å². The third kappa shape index (κ3) is 4.73. The molecule has 0 saturated heterocycles. The molecule has 0 radical (unpaired) electrons. The minimum Gasteiger partial charge on any atom is -0.488 e. The zero-order chi connectivity index (χ0) is 20.9. The van der Waals surface area contributed by atoms with Gasteiger partial charge in [0.1, 0.15) is 18.1 Å². The lowest BCUT2D eigenvalue weighted by Gasteiger charge is -2.13. The maximum Gasteiger partial charge on any atom is 0.308 e. The Bertz CT molecular complexity index is 1170. The van der Waals surface area contributed by atoms with Crippen molar-refractivity contribution in [3.8, 4) is 33.1 Å². The van der Waals surface area contributed by atoms with Crippen LogP contribution in [0.4, 0.5) is 0 Å². The van der Waals surface area contributed by atoms with Crippen molar-refractivity contribution in [2.45, 2.75) is 13.5 Å². The monoisotopic (exact) mass is 434 g/mol. The largest absolute Gasteiger partial charge is 0.488 e. The molecular formula is C25H19ClO3S. The zero-order valence-electron chi connectivity index (χ0n) is 16.3. The van der Waals surface area contributed by atoms with Gasteiger partial charge >= 0.3 is 5.97 Å². The average molecular weight is 435 g/mol. The Labute approximate surface area is 184 Å². The summed E-state index contributed by atoms with van der Waals surface area (Å²) in [5.41, 5.74) is 4.00. The van der Waals surface area contributed by atoms with Crippen LogP contribution in [-0.4, -0.2) is 5.97 Å². The number of rotatable bonds is 6. The number of carbonyl (C=O) groups is 1. The number of thiophene rings is 1. The van der Waals surface area contributed by atoms with E-state index in [1.807, 2.05) is 72.1 Å². The summed E-state index contributed by atoms with van der Waals surface area (Å²) in [4.78, 5) is 12.4. The Balaban J connectivity index is 1.70. The second-order valence-electron chi connectivity index (χ2n) is 6.70. The molecule has 1 heterocycles. The van der Waals surface area contributed by atoms with Crippen LogP contribution in [0.2, 0.25) is 5.02 Å². The summed E-state index contributed by atoms with van der Waals surface area (Å²) in [6, 6.07) is 25.3. The number of ether oxygens (including phenoxy) is 2. The molecule has 0 saturated carbocycles. The first-order valence-electron chi connectivity index (χ1n) is 9.43. The molecular weight excluding hydrogens is 416 g/mol. The number of esters is 1. The first-order chi connectivity index (χ1) is 14.6. The molecule has 0 fully saturated rings. The van der Waals surface area contributed by atoms with Gasteiger partial charge in [0, 0.05) is 28.0 Å². The van der Waals surface area contributed by atoms with Crippen LogP contribution in [0.5, 0.6) is 11.5 Å². The number of halogens is 1. The van der Waals surface area contributed by atoms with Gasteiger partial charge in [0.05, 0.1) is 0 Å². The van der Waals surface area contributed by atoms with Crippen LogP contribution in [0, 0.1) is 0 Å². The van der Waals surface area contributed by atoms with E-state index >= 15 is 0 Å². The smallest absolute Gasteiger partial charge is 0.308 e. The van der Waals surface area contributed by atoms with Crippen LogP contribution >= 0.6 is 22.9 Å². The summed E-state index contributed by atoms with van der Waals surface area (Å²) in [6.07, 6.45) is 0. The Hall–Kier alpha value is -3.08. The zero-order valence-corrected chi connectivity index (χ0v) is 17.9. The molecule has 0 amide bonds. The summed E-state index contributed by atoms with van der Waals surface area (Å²) < 4.78 is 11.4. The van der Waals surface area contributed by atoms with E-state index in [9.17, 15) is 4.79 Å². The van der Waals surface area contributed by atoms with E-state index in [1.165, 1.54) is 6.92 Å². The van der Waals surface area contributed by atoms with Crippen molar-refractivity contribution < 1.29 is 14.3 Å². The summed E-state index contributed by atoms with van der Waals surface area (Å²) in [5, 5.41) is 2.67. The summed E-state index contributed by atoms with van der Waals surface area (Å²) in [6.45, 7) is 1.86. The van der Waals surface area contributed by atoms with Crippen molar-refractivity contribution in [1.29, 1.82) is 0 Å². The Morgan fingerprint density at radius 1 is 0.933 bits per heavy atom. The van der Waals surface area contributed by atoms with Gasteiger partial charge in [0.2, 0.25) is 0 Å². The third-order valence-corrected chi connectivity index (χ3v) is 5.69. The van der Waals surface area contributed by atoms with Crippen molar-refractivity contribution in [3.05, 3.63) is 94.8 Å². The van der Waals surface area contributed by atoms with Crippen LogP contribution in [0.3, 0.4) is 0 Å². The number of benzene rings is 3. The van der Waals surface area contributed by atoms with E-state index in [4.69, 9.17) is 21.1 Å². The second kappa shape index (κ2) is 9.16. The first-order valence-corrected chi connectivity index (χ1v) is 10.7. The van der Waals surface area contributed by atoms with Gasteiger partial charge in [-0.15, -0.1) is 11.3 Å². The molecule has 0 N–H and O–H groups in total. The molecule has 5 heteroatoms. The van der Waals surface area contributed by atoms with Gasteiger partial charge in [-0.1, -0.05) is 54.1 Å². The van der Waals surface area contributed by atoms with Crippen molar-refractivity contribution in [3.63, 3.8) is 0 Å². The molecule has 30 heavy (non-hydrogen) atoms. The number of hydrogen-bond donors (Lipinski definition) is 0. The molecule has 0 bridgehead atoms. The average Bonchev–Trinajstić information content (AvgIpc) is 3.23. The molecule has 0 aliphatic heterocycles. The lowest BCUT2D eigenvalue weighted by Crippen LogP contribution is -2.01. The lowest BCUT2D eigenvalue weighted by molar-refractivity contribution is -0.131. The van der Waals surface area contributed by atoms with Gasteiger partial charge in [-0.2, -0.15) is 0 Å². The van der Waals surface area contributed by atoms with Gasteiger partial charge < -0.3 is 9.47 Å². The molecule has 4 aromatic rings. The summed E-state index contributed by atoms with van der Waals surface area (Å²) >= 11 is 7.94. The van der Waals surface area contributed by atoms with Crippen molar-refractivity contribution in [2.24, 2.45) is 0 Å². The standard InChI is InChI=1S/C25H19ClO3S/c1-17(27)29-21-9-5-8-19(14-21)25-22(12-13-30-25)23-15-20(26)10-11-24(23)28-16-18-6-3-2-4-7-18/h2-15H,16H2,1H3. The molecule has 1 aromatic heterocycles. The Morgan fingerprint density at radius 3 is 2.57 bits per heavy atom. The number of carbonyl (C=O) groups excluding carboxylic acids is 1. The molecule has 0 aliphatic carbocycles. The second-order valence-corrected chi connectivity index (χ2v) is 8.05. The van der Waals surface area contributed by atoms with E-state index in [2.05, 4.69) is 6.07 Å². The van der Waals surface area contributed by atoms with E-state index in [-0.39, 0.29) is 5.97 Å². The quantitative estimate of drug-likeness (QED) is 0.237. The fraction of sp³-hybridized carbons (Fsp3) is 0.0800. The highest BCUT2D eigenvalue weighted by atomic mass is 35.5. The highest BCUT2D eigenvalue weighted by Crippen LogP contribution is 2.42. The summed E-state index contributed by atoms with van der Waals surface area (Å²) in [5.74, 6) is 0.940. The predicted octanol–water partition coefficient (Wildman–Crippen LogP) is 7.24. The highest BCUT2D eigenvalue weighted by Gasteiger charge is 2.15. The maximum atomic E-state index is 11.3. The SMILES string of the molecule is CC(=O)Oc1cccc(-c2sccc2-c2cc(Cl)ccc2OCc2ccccc2)c1. The van der Waals surface area contributed by atoms with Gasteiger partial charge in [0.25, 0.3) is 0 Å². The van der Waals surface area contributed by atoms with Gasteiger partial charge in [-0.25, -0.2) is 0 Å². The van der Waals surface area contributed by atoms with E-state index < -0.39 is 0 Å². The lowest BCUT2D eigenvalue weighted by atomic mass is 10.0. The van der Waals surface area contributed by atoms with Gasteiger partial charge in [-0.05, 0) is 52.9 Å². The predicted molar refractivity (Wildman–Crippen MR) is 122 cm³/mol. The first kappa shape index (κ1) is 20.2. The van der Waals surface area contributed by atoms with Gasteiger partial charge in [-0.3, -0.25) is 4.79 Å². The van der Waals surface area contributed by atoms with E-state index in [1.54, 1.807) is 17.4 Å². The van der Waals surface area contributed by atoms with Crippen LogP contribution in [0.25, 0.3) is 21.6 Å². The van der Waals surface area contributed by atoms with Crippen molar-refractivity contribution >= 4 is 28.9 Å². The summed E-state index contributed by atoms with van der Waals surface area (Å²) in [7, 11) is 0. The minimum absolute atomic E-state index is 0.343. The fourth-order valence-electron chi connectivity index (χ4n) is 3.19. The maximum absolute atomic E-state index is 11.3. The molecule has 3 nitrogen and oxygen atoms in total.